The summed E-state index contributed by atoms with van der Waals surface area (Å²) in [6, 6.07) is 12.0. The Kier molecular flexibility index (Phi) is 5.36. The lowest BCUT2D eigenvalue weighted by Gasteiger charge is -2.15. The van der Waals surface area contributed by atoms with Crippen LogP contribution in [0.25, 0.3) is 0 Å². The van der Waals surface area contributed by atoms with Crippen LogP contribution in [0.3, 0.4) is 0 Å². The number of nitrogens with zero attached hydrogens (tertiary/aromatic N) is 1. The van der Waals surface area contributed by atoms with E-state index in [0.717, 1.165) is 28.1 Å². The molecule has 2 aromatic carbocycles. The highest BCUT2D eigenvalue weighted by Crippen LogP contribution is 2.22. The van der Waals surface area contributed by atoms with Crippen LogP contribution >= 0.6 is 0 Å². The Morgan fingerprint density at radius 2 is 1.75 bits per heavy atom. The van der Waals surface area contributed by atoms with Gasteiger partial charge in [-0.25, -0.2) is 21.9 Å². The number of ether oxygens (including phenoxy) is 1. The third-order valence-electron chi connectivity index (χ3n) is 3.49. The van der Waals surface area contributed by atoms with Crippen LogP contribution in [0, 0.1) is 5.82 Å². The summed E-state index contributed by atoms with van der Waals surface area (Å²) >= 11 is 0. The summed E-state index contributed by atoms with van der Waals surface area (Å²) in [6.07, 6.45) is -0.591. The van der Waals surface area contributed by atoms with Crippen molar-refractivity contribution in [1.29, 1.82) is 0 Å². The molecule has 0 amide bonds. The van der Waals surface area contributed by atoms with Gasteiger partial charge in [-0.1, -0.05) is 30.3 Å². The Hall–Kier alpha value is -2.25. The average molecular weight is 351 g/mol. The second-order valence-electron chi connectivity index (χ2n) is 5.39. The van der Waals surface area contributed by atoms with E-state index in [9.17, 15) is 17.6 Å². The molecule has 0 aliphatic heterocycles. The highest BCUT2D eigenvalue weighted by molar-refractivity contribution is 7.89. The topological polar surface area (TPSA) is 63.7 Å². The monoisotopic (exact) mass is 351 g/mol. The number of hydrogen-bond donors (Lipinski definition) is 0. The Labute approximate surface area is 140 Å². The van der Waals surface area contributed by atoms with Crippen LogP contribution in [0.15, 0.2) is 53.4 Å². The zero-order valence-electron chi connectivity index (χ0n) is 13.6. The van der Waals surface area contributed by atoms with E-state index >= 15 is 0 Å². The van der Waals surface area contributed by atoms with E-state index in [1.54, 1.807) is 31.2 Å². The number of carbonyl (C=O) groups excluding carboxylic acids is 1. The van der Waals surface area contributed by atoms with Gasteiger partial charge in [0.05, 0.1) is 10.5 Å². The zero-order chi connectivity index (χ0) is 17.9. The first-order chi connectivity index (χ1) is 11.2. The molecule has 0 heterocycles. The van der Waals surface area contributed by atoms with Gasteiger partial charge in [0.15, 0.2) is 0 Å². The van der Waals surface area contributed by atoms with E-state index in [2.05, 4.69) is 0 Å². The molecule has 1 atom stereocenters. The van der Waals surface area contributed by atoms with Gasteiger partial charge in [-0.2, -0.15) is 0 Å². The number of esters is 1. The molecule has 0 bridgehead atoms. The fourth-order valence-corrected chi connectivity index (χ4v) is 2.98. The second-order valence-corrected chi connectivity index (χ2v) is 7.54. The Balaban J connectivity index is 2.30. The smallest absolute Gasteiger partial charge is 0.341 e. The van der Waals surface area contributed by atoms with Crippen LogP contribution in [-0.2, 0) is 14.8 Å². The summed E-state index contributed by atoms with van der Waals surface area (Å²) in [5.74, 6) is -1.75. The predicted molar refractivity (Wildman–Crippen MR) is 87.5 cm³/mol. The fraction of sp³-hybridized carbons (Fsp3) is 0.235. The minimum Gasteiger partial charge on any atom is -0.454 e. The number of sulfonamides is 1. The van der Waals surface area contributed by atoms with Gasteiger partial charge in [0.2, 0.25) is 10.0 Å². The largest absolute Gasteiger partial charge is 0.454 e. The van der Waals surface area contributed by atoms with Crippen LogP contribution in [0.5, 0.6) is 0 Å². The summed E-state index contributed by atoms with van der Waals surface area (Å²) in [7, 11) is -1.06. The minimum absolute atomic E-state index is 0.173. The van der Waals surface area contributed by atoms with Crippen LogP contribution in [0.1, 0.15) is 28.9 Å². The minimum atomic E-state index is -3.77. The molecule has 0 fully saturated rings. The lowest BCUT2D eigenvalue weighted by molar-refractivity contribution is 0.0332. The molecule has 7 heteroatoms. The SMILES string of the molecule is C[C@@H](OC(=O)c1cc(S(=O)(=O)N(C)C)ccc1F)c1ccccc1. The first kappa shape index (κ1) is 18.1. The Bertz CT molecular complexity index is 835. The van der Waals surface area contributed by atoms with Gasteiger partial charge in [-0.15, -0.1) is 0 Å². The average Bonchev–Trinajstić information content (AvgIpc) is 2.55. The number of rotatable bonds is 5. The molecule has 5 nitrogen and oxygen atoms in total. The third kappa shape index (κ3) is 3.80. The van der Waals surface area contributed by atoms with Crippen molar-refractivity contribution >= 4 is 16.0 Å². The summed E-state index contributed by atoms with van der Waals surface area (Å²) < 4.78 is 44.4. The van der Waals surface area contributed by atoms with Gasteiger partial charge in [0.1, 0.15) is 11.9 Å². The lowest BCUT2D eigenvalue weighted by Crippen LogP contribution is -2.23. The highest BCUT2D eigenvalue weighted by atomic mass is 32.2. The van der Waals surface area contributed by atoms with Gasteiger partial charge in [0.25, 0.3) is 0 Å². The molecule has 0 saturated carbocycles. The molecule has 0 radical (unpaired) electrons. The molecule has 0 spiro atoms. The van der Waals surface area contributed by atoms with Crippen LogP contribution in [-0.4, -0.2) is 32.8 Å². The summed E-state index contributed by atoms with van der Waals surface area (Å²) in [5, 5.41) is 0. The van der Waals surface area contributed by atoms with Crippen molar-refractivity contribution in [2.75, 3.05) is 14.1 Å². The molecule has 2 aromatic rings. The third-order valence-corrected chi connectivity index (χ3v) is 5.30. The van der Waals surface area contributed by atoms with Gasteiger partial charge >= 0.3 is 5.97 Å². The molecular weight excluding hydrogens is 333 g/mol. The first-order valence-electron chi connectivity index (χ1n) is 7.21. The van der Waals surface area contributed by atoms with Gasteiger partial charge in [0, 0.05) is 14.1 Å². The maximum absolute atomic E-state index is 14.0. The molecule has 24 heavy (non-hydrogen) atoms. The number of carbonyl (C=O) groups is 1. The maximum Gasteiger partial charge on any atom is 0.341 e. The normalized spacial score (nSPS) is 12.9. The van der Waals surface area contributed by atoms with E-state index in [1.165, 1.54) is 14.1 Å². The molecule has 128 valence electrons. The Morgan fingerprint density at radius 3 is 2.33 bits per heavy atom. The van der Waals surface area contributed by atoms with E-state index in [1.807, 2.05) is 6.07 Å². The van der Waals surface area contributed by atoms with Gasteiger partial charge in [-0.3, -0.25) is 0 Å². The fourth-order valence-electron chi connectivity index (χ4n) is 2.05. The van der Waals surface area contributed by atoms with E-state index < -0.39 is 33.5 Å². The summed E-state index contributed by atoms with van der Waals surface area (Å²) in [4.78, 5) is 12.1. The molecule has 0 aliphatic carbocycles. The summed E-state index contributed by atoms with van der Waals surface area (Å²) in [6.45, 7) is 1.66. The molecule has 0 unspecified atom stereocenters. The van der Waals surface area contributed by atoms with E-state index in [-0.39, 0.29) is 4.90 Å². The van der Waals surface area contributed by atoms with Crippen molar-refractivity contribution in [3.05, 3.63) is 65.5 Å². The second kappa shape index (κ2) is 7.11. The van der Waals surface area contributed by atoms with Crippen molar-refractivity contribution in [1.82, 2.24) is 4.31 Å². The molecule has 0 aromatic heterocycles. The van der Waals surface area contributed by atoms with Crippen molar-refractivity contribution < 1.29 is 22.3 Å². The molecule has 0 aliphatic rings. The first-order valence-corrected chi connectivity index (χ1v) is 8.65. The van der Waals surface area contributed by atoms with Crippen LogP contribution in [0.4, 0.5) is 4.39 Å². The number of hydrogen-bond acceptors (Lipinski definition) is 4. The number of benzene rings is 2. The van der Waals surface area contributed by atoms with Crippen LogP contribution < -0.4 is 0 Å². The van der Waals surface area contributed by atoms with Crippen molar-refractivity contribution in [2.24, 2.45) is 0 Å². The number of halogens is 1. The molecule has 0 N–H and O–H groups in total. The van der Waals surface area contributed by atoms with Gasteiger partial charge < -0.3 is 4.74 Å². The molecule has 2 rings (SSSR count). The molecular formula is C17H18FNO4S. The lowest BCUT2D eigenvalue weighted by atomic mass is 10.1. The van der Waals surface area contributed by atoms with Crippen molar-refractivity contribution in [3.8, 4) is 0 Å². The summed E-state index contributed by atoms with van der Waals surface area (Å²) in [5.41, 5.74) is 0.337. The molecule has 0 saturated heterocycles. The van der Waals surface area contributed by atoms with Crippen LogP contribution in [0.2, 0.25) is 0 Å². The predicted octanol–water partition coefficient (Wildman–Crippen LogP) is 2.99. The van der Waals surface area contributed by atoms with Crippen molar-refractivity contribution in [2.45, 2.75) is 17.9 Å². The standard InChI is InChI=1S/C17H18FNO4S/c1-12(13-7-5-4-6-8-13)23-17(20)15-11-14(9-10-16(15)18)24(21,22)19(2)3/h4-12H,1-3H3/t12-/m1/s1. The maximum atomic E-state index is 14.0. The Morgan fingerprint density at radius 1 is 1.12 bits per heavy atom. The van der Waals surface area contributed by atoms with E-state index in [4.69, 9.17) is 4.74 Å². The quantitative estimate of drug-likeness (QED) is 0.777. The van der Waals surface area contributed by atoms with Gasteiger partial charge in [-0.05, 0) is 30.7 Å². The zero-order valence-corrected chi connectivity index (χ0v) is 14.4. The highest BCUT2D eigenvalue weighted by Gasteiger charge is 2.23. The van der Waals surface area contributed by atoms with Crippen molar-refractivity contribution in [3.63, 3.8) is 0 Å². The van der Waals surface area contributed by atoms with E-state index in [0.29, 0.717) is 0 Å².